The second-order valence-corrected chi connectivity index (χ2v) is 16.0. The minimum absolute atomic E-state index is 0.187. The first-order valence-corrected chi connectivity index (χ1v) is 21.5. The lowest BCUT2D eigenvalue weighted by atomic mass is 10.1. The zero-order valence-corrected chi connectivity index (χ0v) is 36.1. The molecule has 4 aromatic heterocycles. The van der Waals surface area contributed by atoms with Gasteiger partial charge in [-0.25, -0.2) is 28.1 Å². The molecule has 10 rings (SSSR count). The van der Waals surface area contributed by atoms with Crippen LogP contribution < -0.4 is 17.1 Å². The van der Waals surface area contributed by atoms with Crippen molar-refractivity contribution < 1.29 is 15.3 Å². The minimum Gasteiger partial charge on any atom is -0.505 e. The molecule has 66 heavy (non-hydrogen) atoms. The molecule has 4 heterocycles. The minimum atomic E-state index is -1.00. The Bertz CT molecular complexity index is 3210. The molecule has 0 fully saturated rings. The monoisotopic (exact) mass is 882 g/mol. The quantitative estimate of drug-likeness (QED) is 0.142. The summed E-state index contributed by atoms with van der Waals surface area (Å²) in [7, 11) is 0. The zero-order chi connectivity index (χ0) is 45.8. The van der Waals surface area contributed by atoms with Crippen LogP contribution in [-0.2, 0) is 38.9 Å². The van der Waals surface area contributed by atoms with Crippen LogP contribution in [0.5, 0.6) is 17.2 Å². The number of aryl methyl sites for hydroxylation is 3. The van der Waals surface area contributed by atoms with Gasteiger partial charge in [0, 0.05) is 16.7 Å². The topological polar surface area (TPSA) is 219 Å². The number of fused-ring (bicyclic) bond motifs is 3. The van der Waals surface area contributed by atoms with Crippen molar-refractivity contribution in [2.24, 2.45) is 0 Å². The van der Waals surface area contributed by atoms with Gasteiger partial charge in [0.25, 0.3) is 0 Å². The Morgan fingerprint density at radius 3 is 0.818 bits per heavy atom. The summed E-state index contributed by atoms with van der Waals surface area (Å²) < 4.78 is 2.58. The summed E-state index contributed by atoms with van der Waals surface area (Å²) in [6.07, 6.45) is 1.56. The molecule has 330 valence electrons. The van der Waals surface area contributed by atoms with Gasteiger partial charge >= 0.3 is 17.1 Å². The third kappa shape index (κ3) is 7.23. The van der Waals surface area contributed by atoms with Gasteiger partial charge in [0.2, 0.25) is 0 Å². The van der Waals surface area contributed by atoms with E-state index in [4.69, 9.17) is 0 Å². The first-order chi connectivity index (χ1) is 32.0. The van der Waals surface area contributed by atoms with Crippen LogP contribution >= 0.6 is 0 Å². The number of rotatable bonds is 12. The van der Waals surface area contributed by atoms with Gasteiger partial charge in [0.05, 0.1) is 19.6 Å². The number of hydrogen-bond acceptors (Lipinski definition) is 12. The van der Waals surface area contributed by atoms with Crippen LogP contribution in [-0.4, -0.2) is 74.0 Å². The number of aromatic nitrogens is 12. The summed E-state index contributed by atoms with van der Waals surface area (Å²) in [4.78, 5) is 48.4. The van der Waals surface area contributed by atoms with Crippen molar-refractivity contribution in [1.29, 1.82) is 0 Å². The summed E-state index contributed by atoms with van der Waals surface area (Å²) in [6, 6.07) is 32.0. The average Bonchev–Trinajstić information content (AvgIpc) is 4.09. The molecule has 0 unspecified atom stereocenters. The smallest absolute Gasteiger partial charge is 0.336 e. The van der Waals surface area contributed by atoms with E-state index in [9.17, 15) is 29.7 Å². The second-order valence-electron chi connectivity index (χ2n) is 16.0. The maximum atomic E-state index is 14.8. The number of benzene rings is 6. The lowest BCUT2D eigenvalue weighted by Gasteiger charge is -2.18. The van der Waals surface area contributed by atoms with Gasteiger partial charge in [-0.15, -0.1) is 45.0 Å². The maximum absolute atomic E-state index is 14.8. The van der Waals surface area contributed by atoms with Crippen LogP contribution in [0.3, 0.4) is 0 Å². The van der Waals surface area contributed by atoms with Gasteiger partial charge in [-0.1, -0.05) is 75.4 Å². The molecule has 0 spiro atoms. The van der Waals surface area contributed by atoms with Gasteiger partial charge in [0.1, 0.15) is 67.4 Å². The van der Waals surface area contributed by atoms with Gasteiger partial charge in [-0.3, -0.25) is 0 Å². The fourth-order valence-electron chi connectivity index (χ4n) is 8.16. The molecule has 0 amide bonds. The molecule has 0 aliphatic rings. The van der Waals surface area contributed by atoms with E-state index in [1.54, 1.807) is 72.8 Å². The van der Waals surface area contributed by atoms with Crippen LogP contribution in [0.15, 0.2) is 124 Å². The Balaban J connectivity index is 1.15. The summed E-state index contributed by atoms with van der Waals surface area (Å²) in [6.45, 7) is 4.34. The molecule has 6 aromatic carbocycles. The first kappa shape index (κ1) is 41.3. The molecular weight excluding hydrogens is 841 g/mol. The van der Waals surface area contributed by atoms with Crippen LogP contribution in [0.4, 0.5) is 0 Å². The summed E-state index contributed by atoms with van der Waals surface area (Å²) >= 11 is 0. The highest BCUT2D eigenvalue weighted by molar-refractivity contribution is 5.75. The van der Waals surface area contributed by atoms with Crippen LogP contribution in [0.2, 0.25) is 0 Å². The van der Waals surface area contributed by atoms with E-state index in [1.807, 2.05) is 57.2 Å². The number of aromatic hydroxyl groups is 3. The van der Waals surface area contributed by atoms with Gasteiger partial charge in [-0.05, 0) is 90.6 Å². The highest BCUT2D eigenvalue weighted by Gasteiger charge is 2.24. The second kappa shape index (κ2) is 16.5. The normalized spacial score (nSPS) is 11.7. The first-order valence-electron chi connectivity index (χ1n) is 21.5. The van der Waals surface area contributed by atoms with Crippen LogP contribution in [0.1, 0.15) is 54.2 Å². The van der Waals surface area contributed by atoms with E-state index in [-0.39, 0.29) is 51.0 Å². The summed E-state index contributed by atoms with van der Waals surface area (Å²) in [5.41, 5.74) is 4.06. The van der Waals surface area contributed by atoms with Crippen molar-refractivity contribution in [3.63, 3.8) is 0 Å². The van der Waals surface area contributed by atoms with Crippen molar-refractivity contribution in [1.82, 2.24) is 58.7 Å². The number of hydrogen-bond donors (Lipinski definition) is 3. The van der Waals surface area contributed by atoms with Crippen molar-refractivity contribution in [2.75, 3.05) is 0 Å². The predicted molar refractivity (Wildman–Crippen MR) is 246 cm³/mol. The molecule has 0 saturated heterocycles. The molecule has 0 radical (unpaired) electrons. The van der Waals surface area contributed by atoms with Crippen molar-refractivity contribution in [3.05, 3.63) is 174 Å². The Kier molecular flexibility index (Phi) is 10.3. The highest BCUT2D eigenvalue weighted by atomic mass is 16.3. The van der Waals surface area contributed by atoms with Crippen LogP contribution in [0.25, 0.3) is 50.2 Å². The molecule has 0 atom stereocenters. The van der Waals surface area contributed by atoms with Crippen molar-refractivity contribution in [2.45, 2.75) is 59.7 Å². The average molecular weight is 883 g/mol. The molecule has 0 bridgehead atoms. The lowest BCUT2D eigenvalue weighted by molar-refractivity contribution is 0.436. The molecule has 0 aliphatic heterocycles. The fourth-order valence-corrected chi connectivity index (χ4v) is 8.16. The lowest BCUT2D eigenvalue weighted by Crippen LogP contribution is -2.54. The number of phenolic OH excluding ortho intramolecular Hbond substituents is 3. The third-order valence-corrected chi connectivity index (χ3v) is 11.8. The summed E-state index contributed by atoms with van der Waals surface area (Å²) in [5, 5.41) is 63.0. The maximum Gasteiger partial charge on any atom is 0.336 e. The number of nitrogens with zero attached hydrogens (tertiary/aromatic N) is 12. The van der Waals surface area contributed by atoms with E-state index in [1.165, 1.54) is 14.4 Å². The Labute approximate surface area is 374 Å². The molecule has 0 aliphatic carbocycles. The van der Waals surface area contributed by atoms with Crippen molar-refractivity contribution in [3.8, 4) is 34.3 Å². The predicted octanol–water partition coefficient (Wildman–Crippen LogP) is 5.32. The largest absolute Gasteiger partial charge is 0.505 e. The van der Waals surface area contributed by atoms with E-state index >= 15 is 0 Å². The van der Waals surface area contributed by atoms with Crippen molar-refractivity contribution >= 4 is 33.1 Å². The van der Waals surface area contributed by atoms with E-state index < -0.39 is 36.7 Å². The molecule has 18 heteroatoms. The summed E-state index contributed by atoms with van der Waals surface area (Å²) in [5.74, 6) is -0.841. The molecule has 3 N–H and O–H groups in total. The Hall–Kier alpha value is -8.67. The van der Waals surface area contributed by atoms with E-state index in [0.717, 1.165) is 30.4 Å². The highest BCUT2D eigenvalue weighted by Crippen LogP contribution is 2.32. The van der Waals surface area contributed by atoms with E-state index in [0.29, 0.717) is 52.4 Å². The number of phenols is 3. The van der Waals surface area contributed by atoms with Gasteiger partial charge in [-0.2, -0.15) is 0 Å². The molecule has 18 nitrogen and oxygen atoms in total. The standard InChI is InChI=1S/C48H42N12O6/c1-4-28-19-31(43(61)40(22-28)58-49-34-13-7-8-14-35(34)50-58)25-55-46(64)56(26-32-20-29(5-2)23-41(44(32)62)59-51-36-15-9-10-16-37(36)52-59)48(66)57(47(55)65)27-33-21-30(6-3)24-42(45(33)63)60-53-38-17-11-12-18-39(38)54-60/h7-24,61-63H,4-6,25-27H2,1-3H3. The van der Waals surface area contributed by atoms with E-state index in [2.05, 4.69) is 30.6 Å². The Morgan fingerprint density at radius 1 is 0.379 bits per heavy atom. The Morgan fingerprint density at radius 2 is 0.606 bits per heavy atom. The molecule has 10 aromatic rings. The van der Waals surface area contributed by atoms with Gasteiger partial charge < -0.3 is 15.3 Å². The SMILES string of the molecule is CCc1cc(Cn2c(=O)n(Cc3cc(CC)cc(-n4nc5ccccc5n4)c3O)c(=O)n(Cc3cc(CC)cc(-n4nc5ccccc5n4)c3O)c2=O)c(O)c(-n2nc3ccccc3n2)c1. The zero-order valence-electron chi connectivity index (χ0n) is 36.1. The molecule has 0 saturated carbocycles. The van der Waals surface area contributed by atoms with Gasteiger partial charge in [0.15, 0.2) is 0 Å². The molecular formula is C48H42N12O6. The van der Waals surface area contributed by atoms with Crippen LogP contribution in [0, 0.1) is 0 Å². The fraction of sp³-hybridized carbons (Fsp3) is 0.188. The third-order valence-electron chi connectivity index (χ3n) is 11.8.